The minimum atomic E-state index is 0.257. The van der Waals surface area contributed by atoms with Gasteiger partial charge in [-0.3, -0.25) is 0 Å². The van der Waals surface area contributed by atoms with Crippen LogP contribution >= 0.6 is 0 Å². The van der Waals surface area contributed by atoms with Gasteiger partial charge in [0.15, 0.2) is 0 Å². The summed E-state index contributed by atoms with van der Waals surface area (Å²) in [6.45, 7) is 5.02. The Kier molecular flexibility index (Phi) is 4.47. The van der Waals surface area contributed by atoms with Crippen molar-refractivity contribution in [2.24, 2.45) is 0 Å². The van der Waals surface area contributed by atoms with Crippen LogP contribution in [0, 0.1) is 6.92 Å². The summed E-state index contributed by atoms with van der Waals surface area (Å²) in [6.07, 6.45) is 1.77. The van der Waals surface area contributed by atoms with Gasteiger partial charge in [0.25, 0.3) is 0 Å². The standard InChI is InChI=1S/C12H18O2/c1-3-14-12-7-6-11(5-4-8-13)10(2)9-12/h6-7,9,13H,3-5,8H2,1-2H3. The van der Waals surface area contributed by atoms with Crippen molar-refractivity contribution in [3.05, 3.63) is 29.3 Å². The molecule has 0 spiro atoms. The molecule has 2 nitrogen and oxygen atoms in total. The van der Waals surface area contributed by atoms with Crippen molar-refractivity contribution >= 4 is 0 Å². The Morgan fingerprint density at radius 1 is 1.36 bits per heavy atom. The highest BCUT2D eigenvalue weighted by Gasteiger charge is 2.00. The Morgan fingerprint density at radius 3 is 2.71 bits per heavy atom. The van der Waals surface area contributed by atoms with Crippen LogP contribution in [-0.4, -0.2) is 18.3 Å². The van der Waals surface area contributed by atoms with E-state index in [-0.39, 0.29) is 6.61 Å². The van der Waals surface area contributed by atoms with Crippen LogP contribution in [0.1, 0.15) is 24.5 Å². The number of rotatable bonds is 5. The van der Waals surface area contributed by atoms with E-state index in [1.165, 1.54) is 11.1 Å². The smallest absolute Gasteiger partial charge is 0.119 e. The maximum atomic E-state index is 8.73. The first-order valence-corrected chi connectivity index (χ1v) is 5.11. The minimum absolute atomic E-state index is 0.257. The zero-order valence-electron chi connectivity index (χ0n) is 8.92. The summed E-state index contributed by atoms with van der Waals surface area (Å²) in [7, 11) is 0. The first-order chi connectivity index (χ1) is 6.77. The second kappa shape index (κ2) is 5.66. The molecule has 0 unspecified atom stereocenters. The second-order valence-electron chi connectivity index (χ2n) is 3.35. The summed E-state index contributed by atoms with van der Waals surface area (Å²) in [5, 5.41) is 8.73. The molecule has 0 saturated carbocycles. The van der Waals surface area contributed by atoms with E-state index in [0.29, 0.717) is 6.61 Å². The molecule has 78 valence electrons. The lowest BCUT2D eigenvalue weighted by molar-refractivity contribution is 0.288. The molecule has 0 saturated heterocycles. The number of ether oxygens (including phenoxy) is 1. The largest absolute Gasteiger partial charge is 0.494 e. The molecule has 0 bridgehead atoms. The highest BCUT2D eigenvalue weighted by Crippen LogP contribution is 2.18. The molecule has 1 aromatic rings. The van der Waals surface area contributed by atoms with E-state index < -0.39 is 0 Å². The summed E-state index contributed by atoms with van der Waals surface area (Å²) in [5.41, 5.74) is 2.53. The fraction of sp³-hybridized carbons (Fsp3) is 0.500. The summed E-state index contributed by atoms with van der Waals surface area (Å²) in [5.74, 6) is 0.928. The number of aryl methyl sites for hydroxylation is 2. The molecule has 2 heteroatoms. The predicted octanol–water partition coefficient (Wildman–Crippen LogP) is 2.32. The molecule has 14 heavy (non-hydrogen) atoms. The molecule has 0 fully saturated rings. The van der Waals surface area contributed by atoms with Crippen molar-refractivity contribution in [3.8, 4) is 5.75 Å². The molecule has 0 amide bonds. The van der Waals surface area contributed by atoms with Gasteiger partial charge in [-0.05, 0) is 49.9 Å². The minimum Gasteiger partial charge on any atom is -0.494 e. The highest BCUT2D eigenvalue weighted by atomic mass is 16.5. The lowest BCUT2D eigenvalue weighted by Crippen LogP contribution is -1.95. The molecule has 1 aromatic carbocycles. The van der Waals surface area contributed by atoms with Gasteiger partial charge in [0, 0.05) is 6.61 Å². The third kappa shape index (κ3) is 3.04. The molecular formula is C12H18O2. The predicted molar refractivity (Wildman–Crippen MR) is 57.8 cm³/mol. The van der Waals surface area contributed by atoms with Crippen molar-refractivity contribution in [1.29, 1.82) is 0 Å². The molecule has 1 N–H and O–H groups in total. The number of aliphatic hydroxyl groups excluding tert-OH is 1. The van der Waals surface area contributed by atoms with E-state index in [0.717, 1.165) is 18.6 Å². The molecule has 0 aliphatic rings. The van der Waals surface area contributed by atoms with E-state index in [4.69, 9.17) is 9.84 Å². The van der Waals surface area contributed by atoms with Crippen molar-refractivity contribution in [2.75, 3.05) is 13.2 Å². The van der Waals surface area contributed by atoms with Crippen LogP contribution in [0.2, 0.25) is 0 Å². The van der Waals surface area contributed by atoms with Crippen molar-refractivity contribution in [2.45, 2.75) is 26.7 Å². The van der Waals surface area contributed by atoms with Gasteiger partial charge in [0.2, 0.25) is 0 Å². The Balaban J connectivity index is 2.68. The second-order valence-corrected chi connectivity index (χ2v) is 3.35. The topological polar surface area (TPSA) is 29.5 Å². The Morgan fingerprint density at radius 2 is 2.14 bits per heavy atom. The van der Waals surface area contributed by atoms with Crippen LogP contribution in [0.5, 0.6) is 5.75 Å². The Bertz CT molecular complexity index is 282. The SMILES string of the molecule is CCOc1ccc(CCCO)c(C)c1. The zero-order chi connectivity index (χ0) is 10.4. The zero-order valence-corrected chi connectivity index (χ0v) is 8.92. The van der Waals surface area contributed by atoms with Gasteiger partial charge in [-0.1, -0.05) is 6.07 Å². The Labute approximate surface area is 85.5 Å². The highest BCUT2D eigenvalue weighted by molar-refractivity contribution is 5.34. The van der Waals surface area contributed by atoms with Gasteiger partial charge >= 0.3 is 0 Å². The quantitative estimate of drug-likeness (QED) is 0.779. The van der Waals surface area contributed by atoms with Gasteiger partial charge in [0.1, 0.15) is 5.75 Å². The third-order valence-electron chi connectivity index (χ3n) is 2.23. The number of benzene rings is 1. The van der Waals surface area contributed by atoms with E-state index in [1.807, 2.05) is 13.0 Å². The van der Waals surface area contributed by atoms with Crippen molar-refractivity contribution in [1.82, 2.24) is 0 Å². The van der Waals surface area contributed by atoms with E-state index in [9.17, 15) is 0 Å². The van der Waals surface area contributed by atoms with Crippen LogP contribution in [-0.2, 0) is 6.42 Å². The van der Waals surface area contributed by atoms with Crippen molar-refractivity contribution in [3.63, 3.8) is 0 Å². The Hall–Kier alpha value is -1.02. The average Bonchev–Trinajstić information content (AvgIpc) is 2.17. The summed E-state index contributed by atoms with van der Waals surface area (Å²) >= 11 is 0. The van der Waals surface area contributed by atoms with Gasteiger partial charge in [0.05, 0.1) is 6.61 Å². The monoisotopic (exact) mass is 194 g/mol. The molecule has 0 aliphatic carbocycles. The molecule has 0 atom stereocenters. The molecule has 0 radical (unpaired) electrons. The molecule has 0 aliphatic heterocycles. The van der Waals surface area contributed by atoms with Crippen LogP contribution < -0.4 is 4.74 Å². The van der Waals surface area contributed by atoms with E-state index >= 15 is 0 Å². The number of hydrogen-bond acceptors (Lipinski definition) is 2. The van der Waals surface area contributed by atoms with Crippen molar-refractivity contribution < 1.29 is 9.84 Å². The first kappa shape index (κ1) is 11.1. The van der Waals surface area contributed by atoms with Gasteiger partial charge < -0.3 is 9.84 Å². The fourth-order valence-electron chi connectivity index (χ4n) is 1.47. The van der Waals surface area contributed by atoms with E-state index in [2.05, 4.69) is 19.1 Å². The van der Waals surface area contributed by atoms with Crippen LogP contribution in [0.15, 0.2) is 18.2 Å². The van der Waals surface area contributed by atoms with Crippen LogP contribution in [0.4, 0.5) is 0 Å². The normalized spacial score (nSPS) is 10.2. The summed E-state index contributed by atoms with van der Waals surface area (Å²) < 4.78 is 5.40. The molecule has 0 heterocycles. The van der Waals surface area contributed by atoms with Gasteiger partial charge in [-0.25, -0.2) is 0 Å². The molecular weight excluding hydrogens is 176 g/mol. The van der Waals surface area contributed by atoms with Crippen LogP contribution in [0.3, 0.4) is 0 Å². The summed E-state index contributed by atoms with van der Waals surface area (Å²) in [6, 6.07) is 6.12. The molecule has 0 aromatic heterocycles. The lowest BCUT2D eigenvalue weighted by Gasteiger charge is -2.08. The lowest BCUT2D eigenvalue weighted by atomic mass is 10.0. The van der Waals surface area contributed by atoms with Gasteiger partial charge in [-0.2, -0.15) is 0 Å². The van der Waals surface area contributed by atoms with Crippen LogP contribution in [0.25, 0.3) is 0 Å². The third-order valence-corrected chi connectivity index (χ3v) is 2.23. The molecule has 1 rings (SSSR count). The van der Waals surface area contributed by atoms with E-state index in [1.54, 1.807) is 0 Å². The summed E-state index contributed by atoms with van der Waals surface area (Å²) in [4.78, 5) is 0. The number of hydrogen-bond donors (Lipinski definition) is 1. The maximum Gasteiger partial charge on any atom is 0.119 e. The average molecular weight is 194 g/mol. The van der Waals surface area contributed by atoms with Gasteiger partial charge in [-0.15, -0.1) is 0 Å². The fourth-order valence-corrected chi connectivity index (χ4v) is 1.47. The maximum absolute atomic E-state index is 8.73. The first-order valence-electron chi connectivity index (χ1n) is 5.11. The number of aliphatic hydroxyl groups is 1.